The molecule has 9 nitrogen and oxygen atoms in total. The minimum Gasteiger partial charge on any atom is -0.316 e. The summed E-state index contributed by atoms with van der Waals surface area (Å²) >= 11 is 1.26. The first-order valence-electron chi connectivity index (χ1n) is 11.4. The lowest BCUT2D eigenvalue weighted by atomic mass is 10.2. The van der Waals surface area contributed by atoms with Crippen LogP contribution in [0.15, 0.2) is 52.4 Å². The fourth-order valence-electron chi connectivity index (χ4n) is 3.72. The van der Waals surface area contributed by atoms with Gasteiger partial charge in [0.15, 0.2) is 4.80 Å². The fourth-order valence-corrected chi connectivity index (χ4v) is 6.56. The molecule has 0 saturated carbocycles. The Morgan fingerprint density at radius 3 is 2.20 bits per heavy atom. The fraction of sp³-hybridized carbons (Fsp3) is 0.417. The molecule has 1 amide bonds. The van der Waals surface area contributed by atoms with E-state index in [1.54, 1.807) is 10.6 Å². The van der Waals surface area contributed by atoms with Crippen molar-refractivity contribution in [2.24, 2.45) is 16.8 Å². The number of non-ortho nitro benzene ring substituents is 1. The number of nitro benzene ring substituents is 1. The van der Waals surface area contributed by atoms with E-state index >= 15 is 0 Å². The zero-order valence-corrected chi connectivity index (χ0v) is 22.1. The van der Waals surface area contributed by atoms with Gasteiger partial charge in [0, 0.05) is 37.3 Å². The highest BCUT2D eigenvalue weighted by Crippen LogP contribution is 2.23. The number of aryl methyl sites for hydroxylation is 1. The van der Waals surface area contributed by atoms with Gasteiger partial charge >= 0.3 is 0 Å². The van der Waals surface area contributed by atoms with Gasteiger partial charge in [-0.15, -0.1) is 0 Å². The third-order valence-corrected chi connectivity index (χ3v) is 8.17. The van der Waals surface area contributed by atoms with Crippen molar-refractivity contribution in [2.45, 2.75) is 46.1 Å². The first-order chi connectivity index (χ1) is 16.4. The molecule has 11 heteroatoms. The smallest absolute Gasteiger partial charge is 0.279 e. The van der Waals surface area contributed by atoms with E-state index in [0.29, 0.717) is 30.0 Å². The number of nitrogens with zero attached hydrogens (tertiary/aromatic N) is 4. The Hall–Kier alpha value is -2.89. The Bertz CT molecular complexity index is 1390. The molecule has 1 heterocycles. The second kappa shape index (κ2) is 10.8. The number of carbonyl (C=O) groups excluding carboxylic acids is 1. The number of hydrogen-bond acceptors (Lipinski definition) is 6. The van der Waals surface area contributed by atoms with Crippen molar-refractivity contribution >= 4 is 43.2 Å². The predicted molar refractivity (Wildman–Crippen MR) is 137 cm³/mol. The van der Waals surface area contributed by atoms with E-state index in [1.807, 2.05) is 34.6 Å². The lowest BCUT2D eigenvalue weighted by Gasteiger charge is -2.25. The molecule has 1 aromatic heterocycles. The van der Waals surface area contributed by atoms with Crippen molar-refractivity contribution in [3.63, 3.8) is 0 Å². The summed E-state index contributed by atoms with van der Waals surface area (Å²) in [5.41, 5.74) is 0.862. The van der Waals surface area contributed by atoms with Crippen LogP contribution in [-0.4, -0.2) is 41.2 Å². The van der Waals surface area contributed by atoms with E-state index in [9.17, 15) is 23.3 Å². The van der Waals surface area contributed by atoms with Crippen LogP contribution in [-0.2, 0) is 16.6 Å². The average Bonchev–Trinajstić information content (AvgIpc) is 3.14. The predicted octanol–water partition coefficient (Wildman–Crippen LogP) is 4.67. The molecule has 0 aliphatic heterocycles. The summed E-state index contributed by atoms with van der Waals surface area (Å²) in [6.45, 7) is 11.1. The number of nitro groups is 1. The molecular weight excluding hydrogens is 488 g/mol. The number of hydrogen-bond donors (Lipinski definition) is 0. The maximum atomic E-state index is 13.2. The number of carbonyl (C=O) groups is 1. The van der Waals surface area contributed by atoms with Gasteiger partial charge in [0.1, 0.15) is 0 Å². The van der Waals surface area contributed by atoms with Gasteiger partial charge in [-0.05, 0) is 49.1 Å². The lowest BCUT2D eigenvalue weighted by molar-refractivity contribution is -0.384. The van der Waals surface area contributed by atoms with Crippen LogP contribution < -0.4 is 4.80 Å². The summed E-state index contributed by atoms with van der Waals surface area (Å²) < 4.78 is 30.4. The van der Waals surface area contributed by atoms with Gasteiger partial charge in [0.25, 0.3) is 11.6 Å². The van der Waals surface area contributed by atoms with Crippen molar-refractivity contribution in [3.05, 3.63) is 62.9 Å². The van der Waals surface area contributed by atoms with E-state index in [-0.39, 0.29) is 28.0 Å². The maximum absolute atomic E-state index is 13.2. The monoisotopic (exact) mass is 518 g/mol. The Labute approximate surface area is 208 Å². The van der Waals surface area contributed by atoms with Crippen molar-refractivity contribution in [1.29, 1.82) is 0 Å². The summed E-state index contributed by atoms with van der Waals surface area (Å²) in [5, 5.41) is 11.1. The number of amides is 1. The number of sulfonamides is 1. The Morgan fingerprint density at radius 1 is 1.09 bits per heavy atom. The van der Waals surface area contributed by atoms with Crippen molar-refractivity contribution < 1.29 is 18.1 Å². The van der Waals surface area contributed by atoms with Gasteiger partial charge in [-0.25, -0.2) is 8.42 Å². The van der Waals surface area contributed by atoms with E-state index < -0.39 is 20.9 Å². The summed E-state index contributed by atoms with van der Waals surface area (Å²) in [6, 6.07) is 10.4. The zero-order valence-electron chi connectivity index (χ0n) is 20.5. The molecule has 0 atom stereocenters. The molecule has 0 saturated heterocycles. The van der Waals surface area contributed by atoms with Crippen LogP contribution in [0.4, 0.5) is 5.69 Å². The Morgan fingerprint density at radius 2 is 1.69 bits per heavy atom. The van der Waals surface area contributed by atoms with Crippen LogP contribution in [0.1, 0.15) is 45.0 Å². The van der Waals surface area contributed by atoms with Crippen LogP contribution in [0.3, 0.4) is 0 Å². The molecule has 3 rings (SSSR count). The van der Waals surface area contributed by atoms with Crippen LogP contribution in [0.5, 0.6) is 0 Å². The van der Waals surface area contributed by atoms with E-state index in [4.69, 9.17) is 0 Å². The van der Waals surface area contributed by atoms with Gasteiger partial charge in [-0.1, -0.05) is 39.0 Å². The molecule has 0 aliphatic carbocycles. The summed E-state index contributed by atoms with van der Waals surface area (Å²) in [7, 11) is -3.70. The van der Waals surface area contributed by atoms with Gasteiger partial charge in [-0.3, -0.25) is 14.9 Å². The molecular formula is C24H30N4O5S2. The maximum Gasteiger partial charge on any atom is 0.279 e. The molecule has 0 radical (unpaired) electrons. The molecule has 0 aliphatic rings. The molecule has 188 valence electrons. The van der Waals surface area contributed by atoms with Gasteiger partial charge in [0.05, 0.1) is 20.0 Å². The SMILES string of the molecule is CCn1c(=NC(=O)c2ccc(S(=O)(=O)N(CC(C)C)CC(C)C)cc2)sc2ccc([N+](=O)[O-])cc21. The number of benzene rings is 2. The van der Waals surface area contributed by atoms with Crippen LogP contribution >= 0.6 is 11.3 Å². The highest BCUT2D eigenvalue weighted by molar-refractivity contribution is 7.89. The van der Waals surface area contributed by atoms with E-state index in [0.717, 1.165) is 4.70 Å². The third kappa shape index (κ3) is 6.03. The minimum atomic E-state index is -3.70. The molecule has 0 spiro atoms. The number of thiazole rings is 1. The normalized spacial score (nSPS) is 12.9. The van der Waals surface area contributed by atoms with Crippen molar-refractivity contribution in [3.8, 4) is 0 Å². The quantitative estimate of drug-likeness (QED) is 0.301. The Kier molecular flexibility index (Phi) is 8.24. The van der Waals surface area contributed by atoms with Crippen molar-refractivity contribution in [1.82, 2.24) is 8.87 Å². The number of fused-ring (bicyclic) bond motifs is 1. The van der Waals surface area contributed by atoms with E-state index in [1.165, 1.54) is 52.0 Å². The van der Waals surface area contributed by atoms with Gasteiger partial charge in [-0.2, -0.15) is 9.30 Å². The Balaban J connectivity index is 1.94. The number of aromatic nitrogens is 1. The molecule has 0 unspecified atom stereocenters. The number of rotatable bonds is 9. The zero-order chi connectivity index (χ0) is 25.9. The average molecular weight is 519 g/mol. The van der Waals surface area contributed by atoms with Gasteiger partial charge in [0.2, 0.25) is 10.0 Å². The largest absolute Gasteiger partial charge is 0.316 e. The second-order valence-corrected chi connectivity index (χ2v) is 12.0. The second-order valence-electron chi connectivity index (χ2n) is 9.09. The minimum absolute atomic E-state index is 0.0313. The van der Waals surface area contributed by atoms with Crippen LogP contribution in [0.25, 0.3) is 10.2 Å². The highest BCUT2D eigenvalue weighted by atomic mass is 32.2. The molecule has 3 aromatic rings. The molecule has 0 bridgehead atoms. The molecule has 2 aromatic carbocycles. The van der Waals surface area contributed by atoms with Crippen LogP contribution in [0, 0.1) is 22.0 Å². The van der Waals surface area contributed by atoms with Crippen LogP contribution in [0.2, 0.25) is 0 Å². The molecule has 0 N–H and O–H groups in total. The summed E-state index contributed by atoms with van der Waals surface area (Å²) in [4.78, 5) is 28.3. The van der Waals surface area contributed by atoms with E-state index in [2.05, 4.69) is 4.99 Å². The summed E-state index contributed by atoms with van der Waals surface area (Å²) in [6.07, 6.45) is 0. The lowest BCUT2D eigenvalue weighted by Crippen LogP contribution is -2.37. The molecule has 35 heavy (non-hydrogen) atoms. The topological polar surface area (TPSA) is 115 Å². The highest BCUT2D eigenvalue weighted by Gasteiger charge is 2.26. The van der Waals surface area contributed by atoms with Crippen molar-refractivity contribution in [2.75, 3.05) is 13.1 Å². The van der Waals surface area contributed by atoms with Gasteiger partial charge < -0.3 is 4.57 Å². The standard InChI is InChI=1S/C24H30N4O5S2/c1-6-27-21-13-19(28(30)31)9-12-22(21)34-24(27)25-23(29)18-7-10-20(11-8-18)35(32,33)26(14-16(2)3)15-17(4)5/h7-13,16-17H,6,14-15H2,1-5H3. The third-order valence-electron chi connectivity index (χ3n) is 5.27. The molecule has 0 fully saturated rings. The summed E-state index contributed by atoms with van der Waals surface area (Å²) in [5.74, 6) is -0.161. The first kappa shape index (κ1) is 26.7. The first-order valence-corrected chi connectivity index (χ1v) is 13.7.